The number of halogens is 1. The van der Waals surface area contributed by atoms with Gasteiger partial charge in [0.25, 0.3) is 0 Å². The minimum absolute atomic E-state index is 0.485. The molecule has 0 bridgehead atoms. The first-order chi connectivity index (χ1) is 11.6. The molecule has 2 heterocycles. The van der Waals surface area contributed by atoms with Crippen molar-refractivity contribution in [3.63, 3.8) is 0 Å². The van der Waals surface area contributed by atoms with Gasteiger partial charge in [0.15, 0.2) is 0 Å². The SMILES string of the molecule is COc1cc(N2CC[C@H](N(C)C)C2)ccc1Nc1ncc(Cl)cn1. The molecule has 1 aromatic carbocycles. The predicted octanol–water partition coefficient (Wildman–Crippen LogP) is 3.02. The lowest BCUT2D eigenvalue weighted by atomic mass is 10.2. The largest absolute Gasteiger partial charge is 0.494 e. The quantitative estimate of drug-likeness (QED) is 0.897. The van der Waals surface area contributed by atoms with Gasteiger partial charge in [-0.25, -0.2) is 9.97 Å². The van der Waals surface area contributed by atoms with Crippen LogP contribution in [-0.2, 0) is 0 Å². The molecule has 1 atom stereocenters. The Balaban J connectivity index is 1.77. The number of aromatic nitrogens is 2. The Labute approximate surface area is 147 Å². The first-order valence-corrected chi connectivity index (χ1v) is 8.28. The van der Waals surface area contributed by atoms with E-state index in [1.54, 1.807) is 19.5 Å². The highest BCUT2D eigenvalue weighted by Crippen LogP contribution is 2.33. The van der Waals surface area contributed by atoms with E-state index in [4.69, 9.17) is 16.3 Å². The lowest BCUT2D eigenvalue weighted by Crippen LogP contribution is -2.31. The molecule has 1 N–H and O–H groups in total. The highest BCUT2D eigenvalue weighted by Gasteiger charge is 2.24. The molecule has 0 aliphatic carbocycles. The number of rotatable bonds is 5. The molecule has 128 valence electrons. The van der Waals surface area contributed by atoms with Gasteiger partial charge in [-0.3, -0.25) is 0 Å². The van der Waals surface area contributed by atoms with Crippen molar-refractivity contribution in [1.29, 1.82) is 0 Å². The summed E-state index contributed by atoms with van der Waals surface area (Å²) in [5, 5.41) is 3.67. The number of likely N-dealkylation sites (N-methyl/N-ethyl adjacent to an activating group) is 1. The molecule has 6 nitrogen and oxygen atoms in total. The highest BCUT2D eigenvalue weighted by molar-refractivity contribution is 6.30. The van der Waals surface area contributed by atoms with Gasteiger partial charge in [-0.15, -0.1) is 0 Å². The van der Waals surface area contributed by atoms with Crippen LogP contribution in [0, 0.1) is 0 Å². The standard InChI is InChI=1S/C17H22ClN5O/c1-22(2)14-6-7-23(11-14)13-4-5-15(16(8-13)24-3)21-17-19-9-12(18)10-20-17/h4-5,8-10,14H,6-7,11H2,1-3H3,(H,19,20,21)/t14-/m0/s1. The number of hydrogen-bond donors (Lipinski definition) is 1. The Kier molecular flexibility index (Phi) is 5.06. The number of ether oxygens (including phenoxy) is 1. The summed E-state index contributed by atoms with van der Waals surface area (Å²) in [5.74, 6) is 1.25. The maximum atomic E-state index is 5.81. The van der Waals surface area contributed by atoms with Crippen molar-refractivity contribution in [1.82, 2.24) is 14.9 Å². The number of nitrogens with one attached hydrogen (secondary N) is 1. The Bertz CT molecular complexity index is 692. The Morgan fingerprint density at radius 1 is 1.29 bits per heavy atom. The summed E-state index contributed by atoms with van der Waals surface area (Å²) >= 11 is 5.81. The Hall–Kier alpha value is -2.05. The van der Waals surface area contributed by atoms with E-state index in [9.17, 15) is 0 Å². The lowest BCUT2D eigenvalue weighted by Gasteiger charge is -2.22. The molecule has 3 rings (SSSR count). The molecule has 0 unspecified atom stereocenters. The number of methoxy groups -OCH3 is 1. The summed E-state index contributed by atoms with van der Waals surface area (Å²) < 4.78 is 5.53. The van der Waals surface area contributed by atoms with Crippen LogP contribution < -0.4 is 15.0 Å². The van der Waals surface area contributed by atoms with Crippen molar-refractivity contribution < 1.29 is 4.74 Å². The van der Waals surface area contributed by atoms with Gasteiger partial charge < -0.3 is 19.9 Å². The maximum absolute atomic E-state index is 5.81. The third-order valence-corrected chi connectivity index (χ3v) is 4.51. The van der Waals surface area contributed by atoms with E-state index in [1.807, 2.05) is 6.07 Å². The Morgan fingerprint density at radius 3 is 2.67 bits per heavy atom. The van der Waals surface area contributed by atoms with E-state index in [0.29, 0.717) is 17.0 Å². The predicted molar refractivity (Wildman–Crippen MR) is 97.6 cm³/mol. The van der Waals surface area contributed by atoms with Gasteiger partial charge in [0, 0.05) is 30.9 Å². The molecule has 1 aliphatic rings. The molecule has 1 aromatic heterocycles. The van der Waals surface area contributed by atoms with Crippen LogP contribution in [0.5, 0.6) is 5.75 Å². The number of nitrogens with zero attached hydrogens (tertiary/aromatic N) is 4. The van der Waals surface area contributed by atoms with Gasteiger partial charge in [-0.2, -0.15) is 0 Å². The first kappa shape index (κ1) is 16.8. The van der Waals surface area contributed by atoms with Crippen LogP contribution in [0.25, 0.3) is 0 Å². The fourth-order valence-electron chi connectivity index (χ4n) is 2.87. The van der Waals surface area contributed by atoms with Gasteiger partial charge in [-0.05, 0) is 32.6 Å². The van der Waals surface area contributed by atoms with Gasteiger partial charge in [0.2, 0.25) is 5.95 Å². The minimum atomic E-state index is 0.485. The smallest absolute Gasteiger partial charge is 0.227 e. The molecule has 2 aromatic rings. The normalized spacial score (nSPS) is 17.4. The molecule has 1 fully saturated rings. The molecule has 24 heavy (non-hydrogen) atoms. The summed E-state index contributed by atoms with van der Waals surface area (Å²) in [5.41, 5.74) is 1.99. The number of benzene rings is 1. The summed E-state index contributed by atoms with van der Waals surface area (Å²) in [6, 6.07) is 6.74. The zero-order chi connectivity index (χ0) is 17.1. The van der Waals surface area contributed by atoms with E-state index in [2.05, 4.69) is 51.3 Å². The summed E-state index contributed by atoms with van der Waals surface area (Å²) in [7, 11) is 5.93. The van der Waals surface area contributed by atoms with Crippen LogP contribution in [0.4, 0.5) is 17.3 Å². The topological polar surface area (TPSA) is 53.5 Å². The van der Waals surface area contributed by atoms with E-state index in [-0.39, 0.29) is 0 Å². The molecule has 0 saturated carbocycles. The number of hydrogen-bond acceptors (Lipinski definition) is 6. The second-order valence-corrected chi connectivity index (χ2v) is 6.52. The van der Waals surface area contributed by atoms with Crippen molar-refractivity contribution in [2.45, 2.75) is 12.5 Å². The molecule has 1 saturated heterocycles. The maximum Gasteiger partial charge on any atom is 0.227 e. The molecule has 1 aliphatic heterocycles. The van der Waals surface area contributed by atoms with Crippen LogP contribution in [0.2, 0.25) is 5.02 Å². The molecule has 7 heteroatoms. The van der Waals surface area contributed by atoms with Gasteiger partial charge in [0.05, 0.1) is 30.2 Å². The zero-order valence-corrected chi connectivity index (χ0v) is 14.9. The second kappa shape index (κ2) is 7.23. The highest BCUT2D eigenvalue weighted by atomic mass is 35.5. The fraction of sp³-hybridized carbons (Fsp3) is 0.412. The molecule has 0 amide bonds. The van der Waals surface area contributed by atoms with E-state index >= 15 is 0 Å². The van der Waals surface area contributed by atoms with Crippen LogP contribution in [0.1, 0.15) is 6.42 Å². The van der Waals surface area contributed by atoms with Crippen LogP contribution in [0.3, 0.4) is 0 Å². The van der Waals surface area contributed by atoms with Crippen LogP contribution >= 0.6 is 11.6 Å². The van der Waals surface area contributed by atoms with Crippen molar-refractivity contribution in [3.05, 3.63) is 35.6 Å². The first-order valence-electron chi connectivity index (χ1n) is 7.91. The zero-order valence-electron chi connectivity index (χ0n) is 14.2. The van der Waals surface area contributed by atoms with Gasteiger partial charge in [-0.1, -0.05) is 11.6 Å². The Morgan fingerprint density at radius 2 is 2.04 bits per heavy atom. The lowest BCUT2D eigenvalue weighted by molar-refractivity contribution is 0.315. The summed E-state index contributed by atoms with van der Waals surface area (Å²) in [4.78, 5) is 13.0. The number of anilines is 3. The molecular formula is C17H22ClN5O. The van der Waals surface area contributed by atoms with Crippen LogP contribution in [0.15, 0.2) is 30.6 Å². The van der Waals surface area contributed by atoms with Gasteiger partial charge >= 0.3 is 0 Å². The second-order valence-electron chi connectivity index (χ2n) is 6.09. The third kappa shape index (κ3) is 3.71. The van der Waals surface area contributed by atoms with E-state index < -0.39 is 0 Å². The van der Waals surface area contributed by atoms with E-state index in [1.165, 1.54) is 12.1 Å². The average molecular weight is 348 g/mol. The van der Waals surface area contributed by atoms with Gasteiger partial charge in [0.1, 0.15) is 5.75 Å². The minimum Gasteiger partial charge on any atom is -0.494 e. The fourth-order valence-corrected chi connectivity index (χ4v) is 2.97. The summed E-state index contributed by atoms with van der Waals surface area (Å²) in [6.45, 7) is 2.09. The van der Waals surface area contributed by atoms with Crippen molar-refractivity contribution >= 4 is 28.9 Å². The monoisotopic (exact) mass is 347 g/mol. The molecular weight excluding hydrogens is 326 g/mol. The van der Waals surface area contributed by atoms with Crippen LogP contribution in [-0.4, -0.2) is 55.2 Å². The molecule has 0 radical (unpaired) electrons. The summed E-state index contributed by atoms with van der Waals surface area (Å²) in [6.07, 6.45) is 4.29. The van der Waals surface area contributed by atoms with E-state index in [0.717, 1.165) is 24.5 Å². The van der Waals surface area contributed by atoms with Crippen molar-refractivity contribution in [2.24, 2.45) is 0 Å². The van der Waals surface area contributed by atoms with Crippen molar-refractivity contribution in [2.75, 3.05) is 44.5 Å². The van der Waals surface area contributed by atoms with Crippen molar-refractivity contribution in [3.8, 4) is 5.75 Å². The third-order valence-electron chi connectivity index (χ3n) is 4.31. The molecule has 0 spiro atoms. The average Bonchev–Trinajstić information content (AvgIpc) is 3.07.